The van der Waals surface area contributed by atoms with Crippen LogP contribution in [0.1, 0.15) is 23.6 Å². The molecule has 0 aliphatic carbocycles. The molecule has 1 fully saturated rings. The van der Waals surface area contributed by atoms with Gasteiger partial charge >= 0.3 is 6.03 Å². The third kappa shape index (κ3) is 5.58. The molecule has 4 heterocycles. The number of hydrogen-bond acceptors (Lipinski definition) is 9. The molecule has 1 saturated heterocycles. The van der Waals surface area contributed by atoms with Gasteiger partial charge in [-0.2, -0.15) is 4.98 Å². The van der Waals surface area contributed by atoms with E-state index in [1.807, 2.05) is 31.2 Å². The number of benzene rings is 2. The molecule has 0 radical (unpaired) electrons. The van der Waals surface area contributed by atoms with Crippen molar-refractivity contribution in [2.75, 3.05) is 67.5 Å². The summed E-state index contributed by atoms with van der Waals surface area (Å²) in [6.07, 6.45) is 4.17. The molecule has 6 rings (SSSR count). The summed E-state index contributed by atoms with van der Waals surface area (Å²) in [7, 11) is 5.38. The van der Waals surface area contributed by atoms with Crippen LogP contribution in [-0.4, -0.2) is 73.3 Å². The molecule has 228 valence electrons. The summed E-state index contributed by atoms with van der Waals surface area (Å²) in [6.45, 7) is 8.42. The van der Waals surface area contributed by atoms with Gasteiger partial charge in [0.25, 0.3) is 0 Å². The summed E-state index contributed by atoms with van der Waals surface area (Å²) in [6, 6.07) is 15.5. The normalized spacial score (nSPS) is 15.3. The number of anilines is 6. The summed E-state index contributed by atoms with van der Waals surface area (Å²) in [5, 5.41) is 3.32. The molecule has 1 N–H and O–H groups in total. The van der Waals surface area contributed by atoms with Crippen molar-refractivity contribution in [2.45, 2.75) is 26.8 Å². The van der Waals surface area contributed by atoms with Gasteiger partial charge in [0.1, 0.15) is 17.3 Å². The molecule has 0 bridgehead atoms. The number of carbonyl (C=O) groups is 1. The van der Waals surface area contributed by atoms with Crippen LogP contribution in [0.15, 0.2) is 60.9 Å². The minimum atomic E-state index is -0.238. The predicted octanol–water partition coefficient (Wildman–Crippen LogP) is 5.53. The van der Waals surface area contributed by atoms with Gasteiger partial charge in [0, 0.05) is 49.7 Å². The molecule has 2 aromatic heterocycles. The fourth-order valence-corrected chi connectivity index (χ4v) is 5.78. The second kappa shape index (κ2) is 12.4. The molecule has 0 saturated carbocycles. The number of urea groups is 1. The number of fused-ring (bicyclic) bond motifs is 1. The average molecular weight is 595 g/mol. The Morgan fingerprint density at radius 3 is 2.48 bits per heavy atom. The number of amides is 2. The third-order valence-corrected chi connectivity index (χ3v) is 8.26. The standard InChI is InChI=1S/C33H38N8O3/c1-6-23-9-7-8-22(2)30(23)40-21-24-19-35-32(37-31(24)41(33(40)42)29-13-11-26(43-4)20-34-29)36-27-12-10-25(18-28(27)44-5)39-16-14-38(3)15-17-39/h7-13,18-20H,6,14-17,21H2,1-5H3,(H,35,36,37). The molecule has 0 atom stereocenters. The van der Waals surface area contributed by atoms with E-state index in [-0.39, 0.29) is 6.03 Å². The fourth-order valence-electron chi connectivity index (χ4n) is 5.78. The Balaban J connectivity index is 1.36. The lowest BCUT2D eigenvalue weighted by Gasteiger charge is -2.37. The number of rotatable bonds is 8. The first-order chi connectivity index (χ1) is 21.4. The van der Waals surface area contributed by atoms with Crippen LogP contribution in [0.2, 0.25) is 0 Å². The fraction of sp³-hybridized carbons (Fsp3) is 0.333. The van der Waals surface area contributed by atoms with Crippen molar-refractivity contribution in [1.82, 2.24) is 19.9 Å². The van der Waals surface area contributed by atoms with Crippen molar-refractivity contribution >= 4 is 40.7 Å². The highest BCUT2D eigenvalue weighted by molar-refractivity contribution is 6.10. The van der Waals surface area contributed by atoms with Gasteiger partial charge in [-0.3, -0.25) is 4.90 Å². The number of ether oxygens (including phenoxy) is 2. The highest BCUT2D eigenvalue weighted by Crippen LogP contribution is 2.39. The van der Waals surface area contributed by atoms with Gasteiger partial charge in [-0.1, -0.05) is 25.1 Å². The van der Waals surface area contributed by atoms with E-state index < -0.39 is 0 Å². The Kier molecular flexibility index (Phi) is 8.21. The number of aromatic nitrogens is 3. The summed E-state index contributed by atoms with van der Waals surface area (Å²) < 4.78 is 11.1. The summed E-state index contributed by atoms with van der Waals surface area (Å²) in [4.78, 5) is 36.4. The maximum absolute atomic E-state index is 14.3. The van der Waals surface area contributed by atoms with E-state index in [1.54, 1.807) is 48.5 Å². The number of methoxy groups -OCH3 is 2. The minimum Gasteiger partial charge on any atom is -0.495 e. The smallest absolute Gasteiger partial charge is 0.336 e. The molecule has 2 aromatic carbocycles. The molecule has 2 aliphatic rings. The molecule has 44 heavy (non-hydrogen) atoms. The molecular formula is C33H38N8O3. The molecule has 4 aromatic rings. The predicted molar refractivity (Wildman–Crippen MR) is 173 cm³/mol. The minimum absolute atomic E-state index is 0.238. The average Bonchev–Trinajstić information content (AvgIpc) is 3.05. The first kappa shape index (κ1) is 29.2. The van der Waals surface area contributed by atoms with Crippen molar-refractivity contribution in [3.63, 3.8) is 0 Å². The largest absolute Gasteiger partial charge is 0.495 e. The van der Waals surface area contributed by atoms with Crippen LogP contribution in [0, 0.1) is 6.92 Å². The Hall–Kier alpha value is -4.90. The maximum Gasteiger partial charge on any atom is 0.336 e. The first-order valence-electron chi connectivity index (χ1n) is 14.8. The molecule has 2 aliphatic heterocycles. The van der Waals surface area contributed by atoms with E-state index in [0.717, 1.165) is 66.4 Å². The zero-order chi connectivity index (χ0) is 30.8. The number of aryl methyl sites for hydroxylation is 2. The summed E-state index contributed by atoms with van der Waals surface area (Å²) in [5.74, 6) is 2.54. The van der Waals surface area contributed by atoms with Gasteiger partial charge < -0.3 is 24.6 Å². The lowest BCUT2D eigenvalue weighted by atomic mass is 10.0. The Labute approximate surface area is 258 Å². The van der Waals surface area contributed by atoms with E-state index in [9.17, 15) is 4.79 Å². The topological polar surface area (TPSA) is 99.2 Å². The van der Waals surface area contributed by atoms with Crippen LogP contribution in [0.3, 0.4) is 0 Å². The highest BCUT2D eigenvalue weighted by atomic mass is 16.5. The monoisotopic (exact) mass is 594 g/mol. The third-order valence-electron chi connectivity index (χ3n) is 8.26. The summed E-state index contributed by atoms with van der Waals surface area (Å²) >= 11 is 0. The van der Waals surface area contributed by atoms with Crippen LogP contribution >= 0.6 is 0 Å². The molecular weight excluding hydrogens is 556 g/mol. The van der Waals surface area contributed by atoms with Crippen LogP contribution < -0.4 is 29.5 Å². The zero-order valence-electron chi connectivity index (χ0n) is 25.9. The maximum atomic E-state index is 14.3. The Morgan fingerprint density at radius 1 is 0.955 bits per heavy atom. The van der Waals surface area contributed by atoms with Gasteiger partial charge in [-0.15, -0.1) is 0 Å². The lowest BCUT2D eigenvalue weighted by Crippen LogP contribution is -2.46. The van der Waals surface area contributed by atoms with Crippen LogP contribution in [-0.2, 0) is 13.0 Å². The SMILES string of the molecule is CCc1cccc(C)c1N1Cc2cnc(Nc3ccc(N4CCN(C)CC4)cc3OC)nc2N(c2ccc(OC)cn2)C1=O. The second-order valence-corrected chi connectivity index (χ2v) is 11.0. The van der Waals surface area contributed by atoms with Gasteiger partial charge in [-0.25, -0.2) is 19.7 Å². The second-order valence-electron chi connectivity index (χ2n) is 11.0. The number of para-hydroxylation sites is 1. The van der Waals surface area contributed by atoms with Gasteiger partial charge in [0.2, 0.25) is 5.95 Å². The molecule has 0 spiro atoms. The molecule has 2 amide bonds. The number of nitrogens with zero attached hydrogens (tertiary/aromatic N) is 7. The Morgan fingerprint density at radius 2 is 1.77 bits per heavy atom. The van der Waals surface area contributed by atoms with Gasteiger partial charge in [0.15, 0.2) is 5.82 Å². The number of nitrogens with one attached hydrogen (secondary N) is 1. The van der Waals surface area contributed by atoms with Gasteiger partial charge in [-0.05, 0) is 55.8 Å². The molecule has 11 heteroatoms. The van der Waals surface area contributed by atoms with Crippen molar-refractivity contribution in [3.8, 4) is 11.5 Å². The first-order valence-corrected chi connectivity index (χ1v) is 14.8. The molecule has 0 unspecified atom stereocenters. The van der Waals surface area contributed by atoms with Crippen LogP contribution in [0.4, 0.5) is 39.4 Å². The van der Waals surface area contributed by atoms with Crippen molar-refractivity contribution in [1.29, 1.82) is 0 Å². The van der Waals surface area contributed by atoms with Crippen molar-refractivity contribution in [3.05, 3.63) is 77.6 Å². The number of likely N-dealkylation sites (N-methyl/N-ethyl adjacent to an activating group) is 1. The quantitative estimate of drug-likeness (QED) is 0.282. The number of carbonyl (C=O) groups excluding carboxylic acids is 1. The summed E-state index contributed by atoms with van der Waals surface area (Å²) in [5.41, 5.74) is 5.66. The molecule has 11 nitrogen and oxygen atoms in total. The Bertz CT molecular complexity index is 1650. The van der Waals surface area contributed by atoms with Crippen LogP contribution in [0.5, 0.6) is 11.5 Å². The van der Waals surface area contributed by atoms with E-state index in [1.165, 1.54) is 0 Å². The van der Waals surface area contributed by atoms with E-state index >= 15 is 0 Å². The van der Waals surface area contributed by atoms with Crippen LogP contribution in [0.25, 0.3) is 0 Å². The van der Waals surface area contributed by atoms with Crippen molar-refractivity contribution < 1.29 is 14.3 Å². The zero-order valence-corrected chi connectivity index (χ0v) is 25.9. The lowest BCUT2D eigenvalue weighted by molar-refractivity contribution is 0.252. The number of piperazine rings is 1. The van der Waals surface area contributed by atoms with E-state index in [0.29, 0.717) is 35.6 Å². The highest BCUT2D eigenvalue weighted by Gasteiger charge is 2.36. The van der Waals surface area contributed by atoms with E-state index in [2.05, 4.69) is 51.2 Å². The van der Waals surface area contributed by atoms with E-state index in [4.69, 9.17) is 14.5 Å². The number of pyridine rings is 1. The van der Waals surface area contributed by atoms with Gasteiger partial charge in [0.05, 0.1) is 38.3 Å². The van der Waals surface area contributed by atoms with Crippen molar-refractivity contribution in [2.24, 2.45) is 0 Å². The number of hydrogen-bond donors (Lipinski definition) is 1.